The molecule has 0 saturated carbocycles. The Bertz CT molecular complexity index is 811. The number of ether oxygens (including phenoxy) is 1. The highest BCUT2D eigenvalue weighted by atomic mass is 16.5. The van der Waals surface area contributed by atoms with Crippen molar-refractivity contribution >= 4 is 11.9 Å². The summed E-state index contributed by atoms with van der Waals surface area (Å²) in [4.78, 5) is 26.0. The van der Waals surface area contributed by atoms with Crippen LogP contribution in [0.4, 0.5) is 5.95 Å². The largest absolute Gasteiger partial charge is 0.376 e. The molecule has 1 saturated heterocycles. The number of rotatable bonds is 3. The Morgan fingerprint density at radius 2 is 2.08 bits per heavy atom. The van der Waals surface area contributed by atoms with Gasteiger partial charge in [-0.05, 0) is 6.92 Å². The Labute approximate surface area is 152 Å². The summed E-state index contributed by atoms with van der Waals surface area (Å²) in [6.07, 6.45) is 3.35. The van der Waals surface area contributed by atoms with Gasteiger partial charge < -0.3 is 19.1 Å². The average Bonchev–Trinajstić information content (AvgIpc) is 3.07. The summed E-state index contributed by atoms with van der Waals surface area (Å²) in [5.74, 6) is 1.41. The van der Waals surface area contributed by atoms with Crippen LogP contribution in [0.1, 0.15) is 40.0 Å². The Balaban J connectivity index is 1.44. The van der Waals surface area contributed by atoms with Gasteiger partial charge in [0.1, 0.15) is 11.3 Å². The normalized spacial score (nSPS) is 17.3. The van der Waals surface area contributed by atoms with Crippen LogP contribution in [0.25, 0.3) is 0 Å². The van der Waals surface area contributed by atoms with E-state index in [1.54, 1.807) is 0 Å². The quantitative estimate of drug-likeness (QED) is 0.820. The molecule has 138 valence electrons. The second-order valence-electron chi connectivity index (χ2n) is 6.64. The van der Waals surface area contributed by atoms with Crippen molar-refractivity contribution in [3.8, 4) is 0 Å². The van der Waals surface area contributed by atoms with Crippen LogP contribution in [0.2, 0.25) is 0 Å². The fraction of sp³-hybridized carbons (Fsp3) is 0.556. The number of fused-ring (bicyclic) bond motifs is 1. The molecule has 0 N–H and O–H groups in total. The van der Waals surface area contributed by atoms with Gasteiger partial charge in [0.25, 0.3) is 5.91 Å². The molecule has 2 aromatic rings. The number of piperazine rings is 1. The number of hydrogen-bond acceptors (Lipinski definition) is 7. The Morgan fingerprint density at radius 3 is 2.85 bits per heavy atom. The zero-order valence-corrected chi connectivity index (χ0v) is 15.2. The molecule has 1 fully saturated rings. The van der Waals surface area contributed by atoms with E-state index in [9.17, 15) is 4.79 Å². The molecule has 0 spiro atoms. The molecule has 0 aliphatic carbocycles. The van der Waals surface area contributed by atoms with E-state index in [1.165, 1.54) is 0 Å². The highest BCUT2D eigenvalue weighted by Gasteiger charge is 2.28. The highest BCUT2D eigenvalue weighted by Crippen LogP contribution is 2.21. The first-order chi connectivity index (χ1) is 12.7. The summed E-state index contributed by atoms with van der Waals surface area (Å²) in [5, 5.41) is 3.94. The van der Waals surface area contributed by atoms with Gasteiger partial charge in [0.05, 0.1) is 24.6 Å². The lowest BCUT2D eigenvalue weighted by Gasteiger charge is -2.35. The molecule has 2 aliphatic rings. The van der Waals surface area contributed by atoms with Gasteiger partial charge in [-0.2, -0.15) is 0 Å². The predicted octanol–water partition coefficient (Wildman–Crippen LogP) is 1.37. The Kier molecular flexibility index (Phi) is 4.58. The van der Waals surface area contributed by atoms with Crippen LogP contribution in [0, 0.1) is 6.92 Å². The van der Waals surface area contributed by atoms with Crippen molar-refractivity contribution in [2.45, 2.75) is 33.3 Å². The lowest BCUT2D eigenvalue weighted by atomic mass is 10.1. The third kappa shape index (κ3) is 3.05. The molecule has 26 heavy (non-hydrogen) atoms. The molecule has 2 aromatic heterocycles. The highest BCUT2D eigenvalue weighted by molar-refractivity contribution is 5.96. The van der Waals surface area contributed by atoms with Gasteiger partial charge in [-0.1, -0.05) is 12.1 Å². The molecule has 4 heterocycles. The van der Waals surface area contributed by atoms with Crippen molar-refractivity contribution in [1.29, 1.82) is 0 Å². The lowest BCUT2D eigenvalue weighted by molar-refractivity contribution is 0.0743. The van der Waals surface area contributed by atoms with Gasteiger partial charge in [-0.15, -0.1) is 0 Å². The summed E-state index contributed by atoms with van der Waals surface area (Å²) in [5.41, 5.74) is 3.43. The van der Waals surface area contributed by atoms with Crippen LogP contribution >= 0.6 is 0 Å². The number of carbonyl (C=O) groups is 1. The number of hydrogen-bond donors (Lipinski definition) is 0. The lowest BCUT2D eigenvalue weighted by Crippen LogP contribution is -2.49. The monoisotopic (exact) mass is 357 g/mol. The van der Waals surface area contributed by atoms with Crippen molar-refractivity contribution in [2.75, 3.05) is 37.7 Å². The summed E-state index contributed by atoms with van der Waals surface area (Å²) >= 11 is 0. The van der Waals surface area contributed by atoms with Gasteiger partial charge in [0, 0.05) is 50.8 Å². The van der Waals surface area contributed by atoms with Crippen LogP contribution in [-0.2, 0) is 24.2 Å². The number of anilines is 1. The number of nitrogens with zero attached hydrogens (tertiary/aromatic N) is 5. The molecule has 4 rings (SSSR count). The number of amides is 1. The molecule has 1 amide bonds. The maximum Gasteiger partial charge on any atom is 0.259 e. The minimum atomic E-state index is 0.00348. The molecule has 0 unspecified atom stereocenters. The summed E-state index contributed by atoms with van der Waals surface area (Å²) in [7, 11) is 0. The van der Waals surface area contributed by atoms with E-state index in [0.29, 0.717) is 62.8 Å². The first-order valence-electron chi connectivity index (χ1n) is 9.09. The standard InChI is InChI=1S/C18H23N5O3/c1-3-15-16(12(2)21-26-15)17(24)22-5-7-23(8-6-22)18-19-10-13-11-25-9-4-14(13)20-18/h10H,3-9,11H2,1-2H3. The fourth-order valence-electron chi connectivity index (χ4n) is 3.47. The minimum Gasteiger partial charge on any atom is -0.376 e. The van der Waals surface area contributed by atoms with Crippen molar-refractivity contribution < 1.29 is 14.1 Å². The van der Waals surface area contributed by atoms with Crippen LogP contribution in [-0.4, -0.2) is 58.7 Å². The number of carbonyl (C=O) groups excluding carboxylic acids is 1. The minimum absolute atomic E-state index is 0.00348. The first-order valence-corrected chi connectivity index (χ1v) is 9.09. The molecule has 8 nitrogen and oxygen atoms in total. The van der Waals surface area contributed by atoms with Crippen LogP contribution in [0.15, 0.2) is 10.7 Å². The molecule has 2 aliphatic heterocycles. The van der Waals surface area contributed by atoms with E-state index in [1.807, 2.05) is 24.9 Å². The Hall–Kier alpha value is -2.48. The van der Waals surface area contributed by atoms with Crippen LogP contribution in [0.3, 0.4) is 0 Å². The van der Waals surface area contributed by atoms with E-state index >= 15 is 0 Å². The molecule has 8 heteroatoms. The third-order valence-electron chi connectivity index (χ3n) is 5.00. The molecule has 0 aromatic carbocycles. The predicted molar refractivity (Wildman–Crippen MR) is 94.1 cm³/mol. The smallest absolute Gasteiger partial charge is 0.259 e. The van der Waals surface area contributed by atoms with E-state index in [-0.39, 0.29) is 5.91 Å². The molecule has 0 radical (unpaired) electrons. The van der Waals surface area contributed by atoms with Crippen molar-refractivity contribution in [3.05, 3.63) is 34.5 Å². The van der Waals surface area contributed by atoms with Gasteiger partial charge in [-0.25, -0.2) is 9.97 Å². The third-order valence-corrected chi connectivity index (χ3v) is 5.00. The summed E-state index contributed by atoms with van der Waals surface area (Å²) in [6.45, 7) is 7.79. The number of aromatic nitrogens is 3. The zero-order valence-electron chi connectivity index (χ0n) is 15.2. The SMILES string of the molecule is CCc1onc(C)c1C(=O)N1CCN(c2ncc3c(n2)CCOC3)CC1. The second kappa shape index (κ2) is 7.03. The summed E-state index contributed by atoms with van der Waals surface area (Å²) < 4.78 is 10.7. The number of aryl methyl sites for hydroxylation is 2. The molecule has 0 bridgehead atoms. The average molecular weight is 357 g/mol. The van der Waals surface area contributed by atoms with Gasteiger partial charge in [0.2, 0.25) is 5.95 Å². The van der Waals surface area contributed by atoms with Gasteiger partial charge in [-0.3, -0.25) is 4.79 Å². The maximum absolute atomic E-state index is 12.9. The van der Waals surface area contributed by atoms with Crippen molar-refractivity contribution in [1.82, 2.24) is 20.0 Å². The Morgan fingerprint density at radius 1 is 1.27 bits per heavy atom. The molecule has 0 atom stereocenters. The fourth-order valence-corrected chi connectivity index (χ4v) is 3.47. The first kappa shape index (κ1) is 17.0. The summed E-state index contributed by atoms with van der Waals surface area (Å²) in [6, 6.07) is 0. The molecular weight excluding hydrogens is 334 g/mol. The van der Waals surface area contributed by atoms with E-state index in [2.05, 4.69) is 15.0 Å². The second-order valence-corrected chi connectivity index (χ2v) is 6.64. The van der Waals surface area contributed by atoms with E-state index in [0.717, 1.165) is 23.6 Å². The van der Waals surface area contributed by atoms with Crippen LogP contribution in [0.5, 0.6) is 0 Å². The topological polar surface area (TPSA) is 84.6 Å². The van der Waals surface area contributed by atoms with Gasteiger partial charge in [0.15, 0.2) is 0 Å². The zero-order chi connectivity index (χ0) is 18.1. The molecular formula is C18H23N5O3. The van der Waals surface area contributed by atoms with Crippen molar-refractivity contribution in [3.63, 3.8) is 0 Å². The van der Waals surface area contributed by atoms with Gasteiger partial charge >= 0.3 is 0 Å². The maximum atomic E-state index is 12.9. The van der Waals surface area contributed by atoms with E-state index < -0.39 is 0 Å². The van der Waals surface area contributed by atoms with E-state index in [4.69, 9.17) is 14.2 Å². The van der Waals surface area contributed by atoms with Crippen LogP contribution < -0.4 is 4.90 Å². The van der Waals surface area contributed by atoms with Crippen molar-refractivity contribution in [2.24, 2.45) is 0 Å².